The van der Waals surface area contributed by atoms with Crippen LogP contribution >= 0.6 is 0 Å². The number of rotatable bonds is 9. The summed E-state index contributed by atoms with van der Waals surface area (Å²) in [4.78, 5) is 40.1. The minimum Gasteiger partial charge on any atom is -0.481 e. The summed E-state index contributed by atoms with van der Waals surface area (Å²) in [5, 5.41) is 6.25. The molecule has 1 atom stereocenters. The fraction of sp³-hybridized carbons (Fsp3) is 0.286. The molecule has 1 aliphatic carbocycles. The first kappa shape index (κ1) is 28.6. The van der Waals surface area contributed by atoms with Crippen LogP contribution in [-0.4, -0.2) is 51.1 Å². The Balaban J connectivity index is 1.46. The molecule has 42 heavy (non-hydrogen) atoms. The van der Waals surface area contributed by atoms with Crippen molar-refractivity contribution in [1.29, 1.82) is 0 Å². The number of fused-ring (bicyclic) bond motifs is 1. The molecule has 0 bridgehead atoms. The summed E-state index contributed by atoms with van der Waals surface area (Å²) in [7, 11) is 1.24. The molecule has 1 amide bonds. The lowest BCUT2D eigenvalue weighted by atomic mass is 10.0. The van der Waals surface area contributed by atoms with Gasteiger partial charge in [0.25, 0.3) is 5.91 Å². The number of nitrogens with zero attached hydrogens (tertiary/aromatic N) is 4. The summed E-state index contributed by atoms with van der Waals surface area (Å²) < 4.78 is 62.9. The van der Waals surface area contributed by atoms with E-state index >= 15 is 0 Å². The van der Waals surface area contributed by atoms with Crippen molar-refractivity contribution in [2.75, 3.05) is 19.0 Å². The minimum atomic E-state index is -4.67. The maximum absolute atomic E-state index is 13.6. The number of nitrogens with one attached hydrogen (secondary N) is 2. The maximum atomic E-state index is 13.6. The van der Waals surface area contributed by atoms with E-state index in [4.69, 9.17) is 9.47 Å². The number of carbonyl (C=O) groups excluding carboxylic acids is 2. The van der Waals surface area contributed by atoms with Crippen LogP contribution in [0.3, 0.4) is 0 Å². The topological polar surface area (TPSA) is 128 Å². The summed E-state index contributed by atoms with van der Waals surface area (Å²) in [5.41, 5.74) is 0.877. The molecule has 10 nitrogen and oxygen atoms in total. The van der Waals surface area contributed by atoms with Crippen molar-refractivity contribution in [1.82, 2.24) is 25.3 Å². The average molecular weight is 585 g/mol. The fourth-order valence-corrected chi connectivity index (χ4v) is 4.31. The molecule has 1 fully saturated rings. The second kappa shape index (κ2) is 11.2. The van der Waals surface area contributed by atoms with Crippen LogP contribution in [0.2, 0.25) is 0 Å². The Hall–Kier alpha value is -4.88. The largest absolute Gasteiger partial charge is 0.481 e. The number of aromatic nitrogens is 4. The molecular weight excluding hydrogens is 560 g/mol. The molecule has 0 aliphatic heterocycles. The third kappa shape index (κ3) is 6.06. The highest BCUT2D eigenvalue weighted by Gasteiger charge is 2.52. The zero-order chi connectivity index (χ0) is 30.1. The van der Waals surface area contributed by atoms with Crippen molar-refractivity contribution in [2.45, 2.75) is 37.5 Å². The number of anilines is 1. The van der Waals surface area contributed by atoms with Crippen molar-refractivity contribution in [3.05, 3.63) is 72.3 Å². The minimum absolute atomic E-state index is 0.209. The van der Waals surface area contributed by atoms with E-state index < -0.39 is 47.9 Å². The van der Waals surface area contributed by atoms with Gasteiger partial charge >= 0.3 is 12.1 Å². The first-order valence-electron chi connectivity index (χ1n) is 12.7. The lowest BCUT2D eigenvalue weighted by Crippen LogP contribution is -2.45. The molecule has 2 aromatic heterocycles. The van der Waals surface area contributed by atoms with Crippen LogP contribution in [0.25, 0.3) is 22.0 Å². The van der Waals surface area contributed by atoms with Crippen LogP contribution in [0.5, 0.6) is 5.75 Å². The number of hydrogen-bond donors (Lipinski definition) is 2. The Morgan fingerprint density at radius 3 is 2.33 bits per heavy atom. The number of amides is 1. The molecular formula is C28H24F4N6O4. The molecule has 2 aromatic carbocycles. The smallest absolute Gasteiger partial charge is 0.451 e. The van der Waals surface area contributed by atoms with E-state index in [0.717, 1.165) is 12.4 Å². The van der Waals surface area contributed by atoms with E-state index in [2.05, 4.69) is 30.6 Å². The van der Waals surface area contributed by atoms with Gasteiger partial charge in [-0.1, -0.05) is 12.1 Å². The average Bonchev–Trinajstić information content (AvgIpc) is 3.76. The van der Waals surface area contributed by atoms with Gasteiger partial charge in [0, 0.05) is 23.3 Å². The predicted octanol–water partition coefficient (Wildman–Crippen LogP) is 4.62. The van der Waals surface area contributed by atoms with Crippen LogP contribution in [0.1, 0.15) is 37.2 Å². The van der Waals surface area contributed by atoms with E-state index in [-0.39, 0.29) is 5.75 Å². The Morgan fingerprint density at radius 2 is 1.71 bits per heavy atom. The van der Waals surface area contributed by atoms with Crippen molar-refractivity contribution < 1.29 is 36.6 Å². The van der Waals surface area contributed by atoms with Crippen LogP contribution in [0.15, 0.2) is 55.1 Å². The van der Waals surface area contributed by atoms with Crippen LogP contribution in [-0.2, 0) is 20.5 Å². The van der Waals surface area contributed by atoms with Gasteiger partial charge in [-0.25, -0.2) is 29.1 Å². The molecule has 218 valence electrons. The van der Waals surface area contributed by atoms with Crippen molar-refractivity contribution in [3.8, 4) is 16.9 Å². The van der Waals surface area contributed by atoms with E-state index in [1.54, 1.807) is 31.2 Å². The highest BCUT2D eigenvalue weighted by Crippen LogP contribution is 2.37. The van der Waals surface area contributed by atoms with E-state index in [1.807, 2.05) is 0 Å². The highest BCUT2D eigenvalue weighted by molar-refractivity contribution is 5.97. The van der Waals surface area contributed by atoms with Gasteiger partial charge in [0.2, 0.25) is 5.82 Å². The molecule has 2 N–H and O–H groups in total. The first-order valence-corrected chi connectivity index (χ1v) is 12.7. The monoisotopic (exact) mass is 584 g/mol. The number of esters is 1. The number of ether oxygens (including phenoxy) is 2. The second-order valence-corrected chi connectivity index (χ2v) is 9.71. The number of methoxy groups -OCH3 is 1. The van der Waals surface area contributed by atoms with Gasteiger partial charge in [-0.05, 0) is 55.2 Å². The normalized spacial score (nSPS) is 14.6. The summed E-state index contributed by atoms with van der Waals surface area (Å²) in [6.07, 6.45) is -0.330. The van der Waals surface area contributed by atoms with Crippen molar-refractivity contribution >= 4 is 28.6 Å². The number of hydrogen-bond acceptors (Lipinski definition) is 9. The molecule has 5 rings (SSSR count). The molecule has 2 heterocycles. The Labute approximate surface area is 236 Å². The Kier molecular flexibility index (Phi) is 7.63. The highest BCUT2D eigenvalue weighted by atomic mass is 19.4. The van der Waals surface area contributed by atoms with Gasteiger partial charge in [-0.15, -0.1) is 0 Å². The molecule has 1 aliphatic rings. The van der Waals surface area contributed by atoms with E-state index in [0.29, 0.717) is 46.3 Å². The number of benzene rings is 2. The lowest BCUT2D eigenvalue weighted by molar-refractivity contribution is -0.146. The molecule has 0 spiro atoms. The van der Waals surface area contributed by atoms with Crippen molar-refractivity contribution in [2.24, 2.45) is 0 Å². The quantitative estimate of drug-likeness (QED) is 0.214. The summed E-state index contributed by atoms with van der Waals surface area (Å²) in [6.45, 7) is 1.26. The number of alkyl halides is 3. The summed E-state index contributed by atoms with van der Waals surface area (Å²) in [6, 6.07) is 8.54. The van der Waals surface area contributed by atoms with Gasteiger partial charge in [-0.3, -0.25) is 4.79 Å². The zero-order valence-corrected chi connectivity index (χ0v) is 22.3. The fourth-order valence-electron chi connectivity index (χ4n) is 4.31. The first-order chi connectivity index (χ1) is 20.0. The summed E-state index contributed by atoms with van der Waals surface area (Å²) in [5.74, 6) is -2.23. The molecule has 0 saturated heterocycles. The van der Waals surface area contributed by atoms with E-state index in [9.17, 15) is 27.2 Å². The van der Waals surface area contributed by atoms with Crippen LogP contribution in [0.4, 0.5) is 23.4 Å². The molecule has 0 unspecified atom stereocenters. The molecule has 1 saturated carbocycles. The SMILES string of the molecule is COC(=O)C1(NC(=O)COc2cc(-c3ccc(F)cc3)cc3c(N[C@H](C)c4cnc(C(F)(F)F)nc4)ncnc23)CC1. The van der Waals surface area contributed by atoms with Gasteiger partial charge in [-0.2, -0.15) is 13.2 Å². The van der Waals surface area contributed by atoms with Gasteiger partial charge in [0.1, 0.15) is 34.8 Å². The Bertz CT molecular complexity index is 1630. The molecule has 4 aromatic rings. The lowest BCUT2D eigenvalue weighted by Gasteiger charge is -2.18. The Morgan fingerprint density at radius 1 is 1.02 bits per heavy atom. The third-order valence-corrected chi connectivity index (χ3v) is 6.72. The van der Waals surface area contributed by atoms with Gasteiger partial charge in [0.15, 0.2) is 6.61 Å². The third-order valence-electron chi connectivity index (χ3n) is 6.72. The zero-order valence-electron chi connectivity index (χ0n) is 22.3. The van der Waals surface area contributed by atoms with Gasteiger partial charge in [0.05, 0.1) is 13.2 Å². The standard InChI is InChI=1S/C28H24F4N6O4/c1-15(18-11-33-25(34-12-18)28(30,31)32)37-24-20-9-17(16-3-5-19(29)6-4-16)10-21(23(20)35-14-36-24)42-13-22(39)38-27(7-8-27)26(40)41-2/h3-6,9-12,14-15H,7-8,13H2,1-2H3,(H,38,39)(H,35,36,37)/t15-/m1/s1. The number of carbonyl (C=O) groups is 2. The molecule has 14 heteroatoms. The maximum Gasteiger partial charge on any atom is 0.451 e. The van der Waals surface area contributed by atoms with Crippen molar-refractivity contribution in [3.63, 3.8) is 0 Å². The van der Waals surface area contributed by atoms with Crippen LogP contribution in [0, 0.1) is 5.82 Å². The second-order valence-electron chi connectivity index (χ2n) is 9.71. The molecule has 0 radical (unpaired) electrons. The van der Waals surface area contributed by atoms with E-state index in [1.165, 1.54) is 25.6 Å². The summed E-state index contributed by atoms with van der Waals surface area (Å²) >= 11 is 0. The number of halogens is 4. The predicted molar refractivity (Wildman–Crippen MR) is 142 cm³/mol. The van der Waals surface area contributed by atoms with Crippen LogP contribution < -0.4 is 15.4 Å². The van der Waals surface area contributed by atoms with Gasteiger partial charge < -0.3 is 20.1 Å².